The Morgan fingerprint density at radius 3 is 2.50 bits per heavy atom. The summed E-state index contributed by atoms with van der Waals surface area (Å²) in [7, 11) is 0. The SMILES string of the molecule is C[C@H](CCC(=O)NCC(=O)O)[C@H]1CC[C@H]2[C@@H]3CCC4C[C@@H](O)CC[C@]4(C)[C@H]3C[C@H](O)[C@]12C. The van der Waals surface area contributed by atoms with Crippen molar-refractivity contribution in [2.75, 3.05) is 6.54 Å². The molecular weight excluding hydrogens is 406 g/mol. The van der Waals surface area contributed by atoms with Gasteiger partial charge in [-0.2, -0.15) is 0 Å². The van der Waals surface area contributed by atoms with Gasteiger partial charge >= 0.3 is 5.97 Å². The molecule has 6 nitrogen and oxygen atoms in total. The van der Waals surface area contributed by atoms with Crippen molar-refractivity contribution in [1.82, 2.24) is 5.32 Å². The summed E-state index contributed by atoms with van der Waals surface area (Å²) in [5.74, 6) is 1.84. The van der Waals surface area contributed by atoms with E-state index < -0.39 is 5.97 Å². The fourth-order valence-electron chi connectivity index (χ4n) is 8.98. The number of carboxylic acids is 1. The summed E-state index contributed by atoms with van der Waals surface area (Å²) < 4.78 is 0. The van der Waals surface area contributed by atoms with Gasteiger partial charge in [-0.3, -0.25) is 9.59 Å². The predicted octanol–water partition coefficient (Wildman–Crippen LogP) is 3.59. The second-order valence-electron chi connectivity index (χ2n) is 12.1. The van der Waals surface area contributed by atoms with E-state index in [-0.39, 0.29) is 35.5 Å². The van der Waals surface area contributed by atoms with E-state index in [1.165, 1.54) is 12.8 Å². The Balaban J connectivity index is 1.45. The minimum Gasteiger partial charge on any atom is -0.480 e. The van der Waals surface area contributed by atoms with Gasteiger partial charge in [0.25, 0.3) is 0 Å². The average molecular weight is 450 g/mol. The number of amides is 1. The van der Waals surface area contributed by atoms with Crippen molar-refractivity contribution in [1.29, 1.82) is 0 Å². The number of aliphatic carboxylic acids is 1. The lowest BCUT2D eigenvalue weighted by Gasteiger charge is -2.62. The Bertz CT molecular complexity index is 727. The molecular formula is C26H43NO5. The topological polar surface area (TPSA) is 107 Å². The zero-order chi connectivity index (χ0) is 23.3. The highest BCUT2D eigenvalue weighted by Gasteiger charge is 2.63. The maximum absolute atomic E-state index is 12.0. The third kappa shape index (κ3) is 4.00. The number of carboxylic acid groups (broad SMARTS) is 1. The van der Waals surface area contributed by atoms with Gasteiger partial charge in [0, 0.05) is 6.42 Å². The van der Waals surface area contributed by atoms with E-state index in [2.05, 4.69) is 26.1 Å². The zero-order valence-corrected chi connectivity index (χ0v) is 20.1. The molecule has 1 amide bonds. The lowest BCUT2D eigenvalue weighted by atomic mass is 9.43. The van der Waals surface area contributed by atoms with Crippen LogP contribution in [0.3, 0.4) is 0 Å². The van der Waals surface area contributed by atoms with Crippen molar-refractivity contribution >= 4 is 11.9 Å². The molecule has 6 heteroatoms. The molecule has 0 bridgehead atoms. The van der Waals surface area contributed by atoms with Crippen LogP contribution >= 0.6 is 0 Å². The number of nitrogens with one attached hydrogen (secondary N) is 1. The van der Waals surface area contributed by atoms with E-state index in [1.54, 1.807) is 0 Å². The monoisotopic (exact) mass is 449 g/mol. The third-order valence-electron chi connectivity index (χ3n) is 10.8. The first-order valence-corrected chi connectivity index (χ1v) is 12.9. The van der Waals surface area contributed by atoms with Crippen LogP contribution in [0, 0.1) is 46.3 Å². The van der Waals surface area contributed by atoms with Gasteiger partial charge in [-0.15, -0.1) is 0 Å². The fourth-order valence-corrected chi connectivity index (χ4v) is 8.98. The number of fused-ring (bicyclic) bond motifs is 5. The van der Waals surface area contributed by atoms with Crippen LogP contribution in [0.25, 0.3) is 0 Å². The first-order valence-electron chi connectivity index (χ1n) is 12.9. The molecule has 0 aromatic carbocycles. The van der Waals surface area contributed by atoms with Crippen molar-refractivity contribution in [3.8, 4) is 0 Å². The first-order chi connectivity index (χ1) is 15.1. The number of hydrogen-bond donors (Lipinski definition) is 4. The number of carbonyl (C=O) groups is 2. The standard InChI is InChI=1S/C26H43NO5/c1-15(4-9-23(30)27-14-24(31)32)19-7-8-20-18-6-5-16-12-17(28)10-11-25(16,2)21(18)13-22(29)26(19,20)3/h15-22,28-29H,4-14H2,1-3H3,(H,27,30)(H,31,32)/t15-,16?,17+,18+,19-,20+,21+,22+,25+,26-/m1/s1. The minimum absolute atomic E-state index is 0.102. The molecule has 0 radical (unpaired) electrons. The van der Waals surface area contributed by atoms with Crippen molar-refractivity contribution in [2.45, 2.75) is 97.2 Å². The molecule has 10 atom stereocenters. The van der Waals surface area contributed by atoms with E-state index in [0.717, 1.165) is 44.9 Å². The summed E-state index contributed by atoms with van der Waals surface area (Å²) >= 11 is 0. The van der Waals surface area contributed by atoms with Gasteiger partial charge in [0.05, 0.1) is 12.2 Å². The molecule has 0 heterocycles. The van der Waals surface area contributed by atoms with Crippen LogP contribution in [0.5, 0.6) is 0 Å². The average Bonchev–Trinajstić information content (AvgIpc) is 3.10. The molecule has 0 spiro atoms. The second-order valence-corrected chi connectivity index (χ2v) is 12.1. The summed E-state index contributed by atoms with van der Waals surface area (Å²) in [6.07, 6.45) is 9.12. The van der Waals surface area contributed by atoms with Crippen molar-refractivity contribution in [2.24, 2.45) is 46.3 Å². The molecule has 4 N–H and O–H groups in total. The molecule has 4 saturated carbocycles. The highest BCUT2D eigenvalue weighted by molar-refractivity contribution is 5.81. The second kappa shape index (κ2) is 8.90. The van der Waals surface area contributed by atoms with Gasteiger partial charge in [0.1, 0.15) is 6.54 Å². The third-order valence-corrected chi connectivity index (χ3v) is 10.8. The van der Waals surface area contributed by atoms with Crippen LogP contribution in [0.2, 0.25) is 0 Å². The molecule has 0 aromatic heterocycles. The quantitative estimate of drug-likeness (QED) is 0.496. The van der Waals surface area contributed by atoms with E-state index in [0.29, 0.717) is 41.9 Å². The van der Waals surface area contributed by atoms with Crippen LogP contribution in [0.1, 0.15) is 85.0 Å². The summed E-state index contributed by atoms with van der Waals surface area (Å²) in [6, 6.07) is 0. The van der Waals surface area contributed by atoms with Crippen molar-refractivity contribution in [3.63, 3.8) is 0 Å². The highest BCUT2D eigenvalue weighted by Crippen LogP contribution is 2.68. The predicted molar refractivity (Wildman–Crippen MR) is 122 cm³/mol. The molecule has 4 aliphatic rings. The zero-order valence-electron chi connectivity index (χ0n) is 20.1. The Morgan fingerprint density at radius 2 is 1.78 bits per heavy atom. The van der Waals surface area contributed by atoms with Crippen LogP contribution < -0.4 is 5.32 Å². The lowest BCUT2D eigenvalue weighted by Crippen LogP contribution is -2.58. The minimum atomic E-state index is -1.02. The molecule has 182 valence electrons. The van der Waals surface area contributed by atoms with Gasteiger partial charge in [0.2, 0.25) is 5.91 Å². The number of aliphatic hydroxyl groups is 2. The summed E-state index contributed by atoms with van der Waals surface area (Å²) in [4.78, 5) is 22.7. The molecule has 0 aliphatic heterocycles. The first kappa shape index (κ1) is 24.0. The van der Waals surface area contributed by atoms with Gasteiger partial charge in [-0.05, 0) is 104 Å². The fraction of sp³-hybridized carbons (Fsp3) is 0.923. The largest absolute Gasteiger partial charge is 0.480 e. The smallest absolute Gasteiger partial charge is 0.322 e. The van der Waals surface area contributed by atoms with E-state index in [4.69, 9.17) is 5.11 Å². The van der Waals surface area contributed by atoms with Crippen molar-refractivity contribution < 1.29 is 24.9 Å². The van der Waals surface area contributed by atoms with Crippen LogP contribution in [0.15, 0.2) is 0 Å². The van der Waals surface area contributed by atoms with Crippen LogP contribution in [-0.4, -0.2) is 45.9 Å². The Kier molecular flexibility index (Phi) is 6.68. The van der Waals surface area contributed by atoms with E-state index in [9.17, 15) is 19.8 Å². The van der Waals surface area contributed by atoms with Gasteiger partial charge in [-0.25, -0.2) is 0 Å². The molecule has 4 aliphatic carbocycles. The van der Waals surface area contributed by atoms with Gasteiger partial charge in [0.15, 0.2) is 0 Å². The number of hydrogen-bond acceptors (Lipinski definition) is 4. The maximum atomic E-state index is 12.0. The maximum Gasteiger partial charge on any atom is 0.322 e. The molecule has 0 saturated heterocycles. The van der Waals surface area contributed by atoms with Gasteiger partial charge < -0.3 is 20.6 Å². The molecule has 4 rings (SSSR count). The summed E-state index contributed by atoms with van der Waals surface area (Å²) in [5.41, 5.74) is 0.145. The normalized spacial score (nSPS) is 46.5. The Hall–Kier alpha value is -1.14. The molecule has 32 heavy (non-hydrogen) atoms. The van der Waals surface area contributed by atoms with E-state index >= 15 is 0 Å². The Labute approximate surface area is 192 Å². The number of rotatable bonds is 6. The van der Waals surface area contributed by atoms with Crippen LogP contribution in [-0.2, 0) is 9.59 Å². The summed E-state index contributed by atoms with van der Waals surface area (Å²) in [6.45, 7) is 6.65. The highest BCUT2D eigenvalue weighted by atomic mass is 16.4. The lowest BCUT2D eigenvalue weighted by molar-refractivity contribution is -0.175. The van der Waals surface area contributed by atoms with Crippen molar-refractivity contribution in [3.05, 3.63) is 0 Å². The van der Waals surface area contributed by atoms with Crippen LogP contribution in [0.4, 0.5) is 0 Å². The Morgan fingerprint density at radius 1 is 1.03 bits per heavy atom. The van der Waals surface area contributed by atoms with Gasteiger partial charge in [-0.1, -0.05) is 20.8 Å². The summed E-state index contributed by atoms with van der Waals surface area (Å²) in [5, 5.41) is 33.0. The molecule has 4 fully saturated rings. The molecule has 0 aromatic rings. The number of aliphatic hydroxyl groups excluding tert-OH is 2. The molecule has 1 unspecified atom stereocenters. The number of carbonyl (C=O) groups excluding carboxylic acids is 1. The van der Waals surface area contributed by atoms with E-state index in [1.807, 2.05) is 0 Å².